The predicted octanol–water partition coefficient (Wildman–Crippen LogP) is 6.06. The lowest BCUT2D eigenvalue weighted by molar-refractivity contribution is 0.0998. The molecule has 2 aromatic heterocycles. The molecule has 0 bridgehead atoms. The maximum atomic E-state index is 12.4. The number of nitriles is 1. The second-order valence-corrected chi connectivity index (χ2v) is 7.33. The van der Waals surface area contributed by atoms with Crippen LogP contribution in [-0.4, -0.2) is 5.91 Å². The Balaban J connectivity index is 1.88. The SMILES string of the molecule is Cc1sc(NC(=O)c2ccc(-c3cccc(Cl)c3Cl)o2)c(C#N)c1C. The average Bonchev–Trinajstić information content (AvgIpc) is 3.16. The van der Waals surface area contributed by atoms with Crippen LogP contribution >= 0.6 is 34.5 Å². The van der Waals surface area contributed by atoms with E-state index in [1.165, 1.54) is 11.3 Å². The molecule has 0 fully saturated rings. The van der Waals surface area contributed by atoms with Gasteiger partial charge in [0, 0.05) is 10.4 Å². The highest BCUT2D eigenvalue weighted by atomic mass is 35.5. The molecule has 0 saturated carbocycles. The number of thiophene rings is 1. The molecule has 1 aromatic carbocycles. The summed E-state index contributed by atoms with van der Waals surface area (Å²) < 4.78 is 5.62. The normalized spacial score (nSPS) is 10.5. The Morgan fingerprint density at radius 1 is 1.24 bits per heavy atom. The Labute approximate surface area is 158 Å². The molecule has 4 nitrogen and oxygen atoms in total. The van der Waals surface area contributed by atoms with Crippen LogP contribution in [0.1, 0.15) is 26.6 Å². The molecular weight excluding hydrogens is 379 g/mol. The molecule has 3 rings (SSSR count). The van der Waals surface area contributed by atoms with E-state index in [0.29, 0.717) is 31.9 Å². The van der Waals surface area contributed by atoms with E-state index in [0.717, 1.165) is 10.4 Å². The zero-order valence-electron chi connectivity index (χ0n) is 13.3. The van der Waals surface area contributed by atoms with Crippen molar-refractivity contribution in [2.24, 2.45) is 0 Å². The van der Waals surface area contributed by atoms with Gasteiger partial charge < -0.3 is 9.73 Å². The number of halogens is 2. The van der Waals surface area contributed by atoms with E-state index in [4.69, 9.17) is 27.6 Å². The zero-order chi connectivity index (χ0) is 18.1. The summed E-state index contributed by atoms with van der Waals surface area (Å²) in [5.41, 5.74) is 1.95. The van der Waals surface area contributed by atoms with E-state index < -0.39 is 5.91 Å². The summed E-state index contributed by atoms with van der Waals surface area (Å²) in [5.74, 6) is 0.137. The summed E-state index contributed by atoms with van der Waals surface area (Å²) in [7, 11) is 0. The third kappa shape index (κ3) is 3.29. The van der Waals surface area contributed by atoms with Crippen molar-refractivity contribution in [2.75, 3.05) is 5.32 Å². The number of carbonyl (C=O) groups is 1. The van der Waals surface area contributed by atoms with E-state index >= 15 is 0 Å². The zero-order valence-corrected chi connectivity index (χ0v) is 15.6. The summed E-state index contributed by atoms with van der Waals surface area (Å²) in [6.07, 6.45) is 0. The number of nitrogens with one attached hydrogen (secondary N) is 1. The molecule has 0 aliphatic carbocycles. The summed E-state index contributed by atoms with van der Waals surface area (Å²) in [5, 5.41) is 13.3. The molecule has 0 saturated heterocycles. The van der Waals surface area contributed by atoms with Gasteiger partial charge in [-0.3, -0.25) is 4.79 Å². The second kappa shape index (κ2) is 6.93. The maximum Gasteiger partial charge on any atom is 0.292 e. The van der Waals surface area contributed by atoms with Crippen LogP contribution in [0.3, 0.4) is 0 Å². The van der Waals surface area contributed by atoms with Gasteiger partial charge in [0.1, 0.15) is 16.8 Å². The maximum absolute atomic E-state index is 12.4. The van der Waals surface area contributed by atoms with Crippen molar-refractivity contribution < 1.29 is 9.21 Å². The van der Waals surface area contributed by atoms with Gasteiger partial charge in [0.15, 0.2) is 5.76 Å². The number of hydrogen-bond donors (Lipinski definition) is 1. The van der Waals surface area contributed by atoms with Gasteiger partial charge in [-0.2, -0.15) is 5.26 Å². The fourth-order valence-corrected chi connectivity index (χ4v) is 3.71. The van der Waals surface area contributed by atoms with Gasteiger partial charge in [-0.05, 0) is 43.7 Å². The number of anilines is 1. The number of aryl methyl sites for hydroxylation is 1. The largest absolute Gasteiger partial charge is 0.451 e. The predicted molar refractivity (Wildman–Crippen MR) is 101 cm³/mol. The Morgan fingerprint density at radius 2 is 2.00 bits per heavy atom. The number of rotatable bonds is 3. The van der Waals surface area contributed by atoms with Crippen LogP contribution in [0.5, 0.6) is 0 Å². The molecule has 0 spiro atoms. The van der Waals surface area contributed by atoms with Gasteiger partial charge in [-0.1, -0.05) is 29.3 Å². The highest BCUT2D eigenvalue weighted by molar-refractivity contribution is 7.16. The Morgan fingerprint density at radius 3 is 2.72 bits per heavy atom. The smallest absolute Gasteiger partial charge is 0.292 e. The van der Waals surface area contributed by atoms with E-state index in [1.54, 1.807) is 30.3 Å². The molecule has 1 N–H and O–H groups in total. The number of carbonyl (C=O) groups excluding carboxylic acids is 1. The van der Waals surface area contributed by atoms with Gasteiger partial charge in [0.2, 0.25) is 0 Å². The Bertz CT molecular complexity index is 1010. The summed E-state index contributed by atoms with van der Waals surface area (Å²) in [6.45, 7) is 3.76. The van der Waals surface area contributed by atoms with Gasteiger partial charge in [0.05, 0.1) is 15.6 Å². The number of amides is 1. The van der Waals surface area contributed by atoms with Crippen LogP contribution in [0.25, 0.3) is 11.3 Å². The van der Waals surface area contributed by atoms with Crippen molar-refractivity contribution >= 4 is 45.4 Å². The molecule has 2 heterocycles. The molecule has 0 radical (unpaired) electrons. The monoisotopic (exact) mass is 390 g/mol. The molecule has 0 aliphatic heterocycles. The minimum Gasteiger partial charge on any atom is -0.451 e. The lowest BCUT2D eigenvalue weighted by Crippen LogP contribution is -2.10. The van der Waals surface area contributed by atoms with Crippen molar-refractivity contribution in [3.8, 4) is 17.4 Å². The fourth-order valence-electron chi connectivity index (χ4n) is 2.31. The third-order valence-electron chi connectivity index (χ3n) is 3.77. The van der Waals surface area contributed by atoms with Gasteiger partial charge in [-0.25, -0.2) is 0 Å². The van der Waals surface area contributed by atoms with E-state index in [-0.39, 0.29) is 5.76 Å². The quantitative estimate of drug-likeness (QED) is 0.591. The molecule has 3 aromatic rings. The summed E-state index contributed by atoms with van der Waals surface area (Å²) in [6, 6.07) is 10.5. The van der Waals surface area contributed by atoms with Crippen LogP contribution in [0.2, 0.25) is 10.0 Å². The molecule has 0 unspecified atom stereocenters. The van der Waals surface area contributed by atoms with Gasteiger partial charge in [0.25, 0.3) is 5.91 Å². The lowest BCUT2D eigenvalue weighted by Gasteiger charge is -2.03. The highest BCUT2D eigenvalue weighted by Crippen LogP contribution is 2.35. The minimum atomic E-state index is -0.429. The topological polar surface area (TPSA) is 66.0 Å². The van der Waals surface area contributed by atoms with Crippen molar-refractivity contribution in [1.82, 2.24) is 0 Å². The molecule has 7 heteroatoms. The molecule has 1 amide bonds. The summed E-state index contributed by atoms with van der Waals surface area (Å²) >= 11 is 13.5. The molecule has 0 atom stereocenters. The number of nitrogens with zero attached hydrogens (tertiary/aromatic N) is 1. The van der Waals surface area contributed by atoms with Crippen molar-refractivity contribution in [1.29, 1.82) is 5.26 Å². The first-order valence-corrected chi connectivity index (χ1v) is 8.85. The van der Waals surface area contributed by atoms with Crippen molar-refractivity contribution in [3.63, 3.8) is 0 Å². The molecule has 25 heavy (non-hydrogen) atoms. The van der Waals surface area contributed by atoms with Crippen LogP contribution in [0, 0.1) is 25.2 Å². The van der Waals surface area contributed by atoms with Gasteiger partial charge >= 0.3 is 0 Å². The fraction of sp³-hybridized carbons (Fsp3) is 0.111. The summed E-state index contributed by atoms with van der Waals surface area (Å²) in [4.78, 5) is 13.4. The minimum absolute atomic E-state index is 0.124. The van der Waals surface area contributed by atoms with Crippen LogP contribution in [0.15, 0.2) is 34.7 Å². The van der Waals surface area contributed by atoms with Crippen LogP contribution in [-0.2, 0) is 0 Å². The standard InChI is InChI=1S/C18H12Cl2N2O2S/c1-9-10(2)25-18(12(9)8-21)22-17(23)15-7-6-14(24-15)11-4-3-5-13(19)16(11)20/h3-7H,1-2H3,(H,22,23). The third-order valence-corrected chi connectivity index (χ3v) is 5.71. The molecule has 0 aliphatic rings. The van der Waals surface area contributed by atoms with Crippen molar-refractivity contribution in [2.45, 2.75) is 13.8 Å². The van der Waals surface area contributed by atoms with Gasteiger partial charge in [-0.15, -0.1) is 11.3 Å². The van der Waals surface area contributed by atoms with E-state index in [9.17, 15) is 10.1 Å². The molecule has 126 valence electrons. The van der Waals surface area contributed by atoms with Crippen LogP contribution < -0.4 is 5.32 Å². The second-order valence-electron chi connectivity index (χ2n) is 5.32. The molecular formula is C18H12Cl2N2O2S. The number of hydrogen-bond acceptors (Lipinski definition) is 4. The van der Waals surface area contributed by atoms with E-state index in [2.05, 4.69) is 11.4 Å². The first-order chi connectivity index (χ1) is 11.9. The van der Waals surface area contributed by atoms with Crippen LogP contribution in [0.4, 0.5) is 5.00 Å². The first-order valence-electron chi connectivity index (χ1n) is 7.28. The first kappa shape index (κ1) is 17.6. The highest BCUT2D eigenvalue weighted by Gasteiger charge is 2.19. The Kier molecular flexibility index (Phi) is 4.87. The number of benzene rings is 1. The average molecular weight is 391 g/mol. The Hall–Kier alpha value is -2.26. The van der Waals surface area contributed by atoms with Crippen molar-refractivity contribution in [3.05, 3.63) is 62.1 Å². The number of furan rings is 1. The lowest BCUT2D eigenvalue weighted by atomic mass is 10.2. The van der Waals surface area contributed by atoms with E-state index in [1.807, 2.05) is 13.8 Å².